The second-order valence-corrected chi connectivity index (χ2v) is 10.1. The molecule has 0 aromatic heterocycles. The first kappa shape index (κ1) is 23.9. The highest BCUT2D eigenvalue weighted by Crippen LogP contribution is 2.20. The molecule has 1 amide bonds. The second kappa shape index (κ2) is 10.3. The summed E-state index contributed by atoms with van der Waals surface area (Å²) < 4.78 is 40.2. The van der Waals surface area contributed by atoms with E-state index in [2.05, 4.69) is 5.32 Å². The number of rotatable bonds is 7. The minimum Gasteiger partial charge on any atom is -0.494 e. The number of carbonyl (C=O) groups is 1. The SMILES string of the molecule is CCOc1ccc(NC(=O)C(C)N2CCN(S(=O)(=O)N3CC(C)OC(C)C3)CC2)cc1. The van der Waals surface area contributed by atoms with Crippen LogP contribution in [0.5, 0.6) is 5.75 Å². The first-order valence-corrected chi connectivity index (χ1v) is 12.3. The lowest BCUT2D eigenvalue weighted by atomic mass is 10.2. The van der Waals surface area contributed by atoms with Crippen molar-refractivity contribution >= 4 is 21.8 Å². The average Bonchev–Trinajstić information content (AvgIpc) is 2.74. The van der Waals surface area contributed by atoms with Crippen molar-refractivity contribution in [1.29, 1.82) is 0 Å². The van der Waals surface area contributed by atoms with Crippen molar-refractivity contribution in [3.63, 3.8) is 0 Å². The Bertz CT molecular complexity index is 830. The van der Waals surface area contributed by atoms with Crippen LogP contribution in [-0.2, 0) is 19.7 Å². The summed E-state index contributed by atoms with van der Waals surface area (Å²) in [5.41, 5.74) is 0.706. The molecule has 2 saturated heterocycles. The number of morpholine rings is 1. The molecule has 1 aromatic carbocycles. The molecule has 0 radical (unpaired) electrons. The van der Waals surface area contributed by atoms with E-state index >= 15 is 0 Å². The normalized spacial score (nSPS) is 25.2. The molecule has 2 aliphatic heterocycles. The van der Waals surface area contributed by atoms with Gasteiger partial charge in [0.15, 0.2) is 0 Å². The first-order valence-electron chi connectivity index (χ1n) is 10.9. The summed E-state index contributed by atoms with van der Waals surface area (Å²) in [4.78, 5) is 14.7. The van der Waals surface area contributed by atoms with Crippen LogP contribution in [0.25, 0.3) is 0 Å². The minimum atomic E-state index is -3.53. The quantitative estimate of drug-likeness (QED) is 0.669. The van der Waals surface area contributed by atoms with E-state index in [1.54, 1.807) is 0 Å². The lowest BCUT2D eigenvalue weighted by Crippen LogP contribution is -2.58. The molecule has 2 fully saturated rings. The van der Waals surface area contributed by atoms with Crippen LogP contribution in [0.2, 0.25) is 0 Å². The maximum absolute atomic E-state index is 13.0. The largest absolute Gasteiger partial charge is 0.494 e. The zero-order valence-electron chi connectivity index (χ0n) is 18.8. The third kappa shape index (κ3) is 5.95. The number of hydrogen-bond donors (Lipinski definition) is 1. The molecule has 2 aliphatic rings. The molecule has 1 N–H and O–H groups in total. The number of piperazine rings is 1. The Labute approximate surface area is 185 Å². The summed E-state index contributed by atoms with van der Waals surface area (Å²) in [6.45, 7) is 10.6. The molecular formula is C21H34N4O5S. The summed E-state index contributed by atoms with van der Waals surface area (Å²) in [5.74, 6) is 0.645. The van der Waals surface area contributed by atoms with Gasteiger partial charge in [-0.05, 0) is 52.0 Å². The molecule has 174 valence electrons. The molecule has 2 heterocycles. The number of anilines is 1. The van der Waals surface area contributed by atoms with E-state index in [1.165, 1.54) is 8.61 Å². The summed E-state index contributed by atoms with van der Waals surface area (Å²) in [6, 6.07) is 6.90. The number of amides is 1. The summed E-state index contributed by atoms with van der Waals surface area (Å²) >= 11 is 0. The van der Waals surface area contributed by atoms with Crippen molar-refractivity contribution in [2.75, 3.05) is 51.2 Å². The second-order valence-electron chi connectivity index (χ2n) is 8.14. The number of hydrogen-bond acceptors (Lipinski definition) is 6. The van der Waals surface area contributed by atoms with Crippen LogP contribution in [0.3, 0.4) is 0 Å². The Morgan fingerprint density at radius 1 is 1.10 bits per heavy atom. The zero-order chi connectivity index (χ0) is 22.6. The zero-order valence-corrected chi connectivity index (χ0v) is 19.6. The van der Waals surface area contributed by atoms with Gasteiger partial charge in [-0.25, -0.2) is 0 Å². The van der Waals surface area contributed by atoms with Crippen molar-refractivity contribution in [3.8, 4) is 5.75 Å². The van der Waals surface area contributed by atoms with E-state index in [0.717, 1.165) is 5.75 Å². The lowest BCUT2D eigenvalue weighted by Gasteiger charge is -2.41. The van der Waals surface area contributed by atoms with Gasteiger partial charge in [-0.2, -0.15) is 17.0 Å². The fourth-order valence-corrected chi connectivity index (χ4v) is 5.77. The fraction of sp³-hybridized carbons (Fsp3) is 0.667. The number of ether oxygens (including phenoxy) is 2. The molecule has 0 aliphatic carbocycles. The van der Waals surface area contributed by atoms with Crippen molar-refractivity contribution in [2.45, 2.75) is 45.9 Å². The van der Waals surface area contributed by atoms with Crippen LogP contribution in [0.1, 0.15) is 27.7 Å². The van der Waals surface area contributed by atoms with Crippen molar-refractivity contribution < 1.29 is 22.7 Å². The van der Waals surface area contributed by atoms with Crippen LogP contribution < -0.4 is 10.1 Å². The Morgan fingerprint density at radius 3 is 2.23 bits per heavy atom. The molecule has 0 saturated carbocycles. The Hall–Kier alpha value is -1.72. The van der Waals surface area contributed by atoms with Crippen LogP contribution in [-0.4, -0.2) is 92.0 Å². The topological polar surface area (TPSA) is 91.4 Å². The molecule has 0 bridgehead atoms. The highest BCUT2D eigenvalue weighted by molar-refractivity contribution is 7.86. The maximum atomic E-state index is 13.0. The number of benzene rings is 1. The fourth-order valence-electron chi connectivity index (χ4n) is 4.02. The lowest BCUT2D eigenvalue weighted by molar-refractivity contribution is -0.121. The van der Waals surface area contributed by atoms with Gasteiger partial charge in [-0.3, -0.25) is 9.69 Å². The van der Waals surface area contributed by atoms with Gasteiger partial charge in [0.25, 0.3) is 10.2 Å². The standard InChI is InChI=1S/C21H34N4O5S/c1-5-29-20-8-6-19(7-9-20)22-21(26)18(4)23-10-12-24(13-11-23)31(27,28)25-14-16(2)30-17(3)15-25/h6-9,16-18H,5,10-15H2,1-4H3,(H,22,26). The van der Waals surface area contributed by atoms with Gasteiger partial charge in [0.2, 0.25) is 5.91 Å². The number of carbonyl (C=O) groups excluding carboxylic acids is 1. The highest BCUT2D eigenvalue weighted by Gasteiger charge is 2.37. The van der Waals surface area contributed by atoms with Gasteiger partial charge >= 0.3 is 0 Å². The molecule has 9 nitrogen and oxygen atoms in total. The van der Waals surface area contributed by atoms with Crippen molar-refractivity contribution in [3.05, 3.63) is 24.3 Å². The van der Waals surface area contributed by atoms with Crippen LogP contribution in [0.4, 0.5) is 5.69 Å². The average molecular weight is 455 g/mol. The summed E-state index contributed by atoms with van der Waals surface area (Å²) in [6.07, 6.45) is -0.239. The molecular weight excluding hydrogens is 420 g/mol. The Kier molecular flexibility index (Phi) is 7.92. The maximum Gasteiger partial charge on any atom is 0.282 e. The van der Waals surface area contributed by atoms with E-state index in [0.29, 0.717) is 51.6 Å². The van der Waals surface area contributed by atoms with Gasteiger partial charge in [0.05, 0.1) is 24.9 Å². The predicted octanol–water partition coefficient (Wildman–Crippen LogP) is 1.38. The Balaban J connectivity index is 1.53. The molecule has 0 spiro atoms. The predicted molar refractivity (Wildman–Crippen MR) is 119 cm³/mol. The summed E-state index contributed by atoms with van der Waals surface area (Å²) in [5, 5.41) is 2.92. The van der Waals surface area contributed by atoms with Crippen LogP contribution >= 0.6 is 0 Å². The molecule has 3 rings (SSSR count). The Morgan fingerprint density at radius 2 is 1.68 bits per heavy atom. The van der Waals surface area contributed by atoms with E-state index in [4.69, 9.17) is 9.47 Å². The van der Waals surface area contributed by atoms with E-state index in [1.807, 2.05) is 56.9 Å². The molecule has 1 aromatic rings. The van der Waals surface area contributed by atoms with E-state index in [9.17, 15) is 13.2 Å². The number of nitrogens with one attached hydrogen (secondary N) is 1. The van der Waals surface area contributed by atoms with Gasteiger partial charge < -0.3 is 14.8 Å². The third-order valence-corrected chi connectivity index (χ3v) is 7.64. The highest BCUT2D eigenvalue weighted by atomic mass is 32.2. The smallest absolute Gasteiger partial charge is 0.282 e. The third-order valence-electron chi connectivity index (χ3n) is 5.67. The van der Waals surface area contributed by atoms with Gasteiger partial charge in [-0.15, -0.1) is 0 Å². The van der Waals surface area contributed by atoms with Crippen molar-refractivity contribution in [1.82, 2.24) is 13.5 Å². The van der Waals surface area contributed by atoms with Crippen molar-refractivity contribution in [2.24, 2.45) is 0 Å². The first-order chi connectivity index (χ1) is 14.7. The van der Waals surface area contributed by atoms with E-state index < -0.39 is 10.2 Å². The summed E-state index contributed by atoms with van der Waals surface area (Å²) in [7, 11) is -3.53. The van der Waals surface area contributed by atoms with E-state index in [-0.39, 0.29) is 24.2 Å². The van der Waals surface area contributed by atoms with Gasteiger partial charge in [0, 0.05) is 45.0 Å². The van der Waals surface area contributed by atoms with Crippen LogP contribution in [0.15, 0.2) is 24.3 Å². The van der Waals surface area contributed by atoms with Crippen LogP contribution in [0, 0.1) is 0 Å². The van der Waals surface area contributed by atoms with Gasteiger partial charge in [-0.1, -0.05) is 0 Å². The molecule has 3 atom stereocenters. The van der Waals surface area contributed by atoms with Gasteiger partial charge in [0.1, 0.15) is 5.75 Å². The molecule has 31 heavy (non-hydrogen) atoms. The molecule has 3 unspecified atom stereocenters. The minimum absolute atomic E-state index is 0.115. The number of nitrogens with zero attached hydrogens (tertiary/aromatic N) is 3. The monoisotopic (exact) mass is 454 g/mol. The molecule has 10 heteroatoms.